The molecular weight excluding hydrogens is 430 g/mol. The fraction of sp³-hybridized carbons (Fsp3) is 0.286. The van der Waals surface area contributed by atoms with Gasteiger partial charge in [-0.25, -0.2) is 4.79 Å². The lowest BCUT2D eigenvalue weighted by Gasteiger charge is -2.32. The number of hydrogen-bond acceptors (Lipinski definition) is 4. The number of benzene rings is 2. The molecule has 27 heavy (non-hydrogen) atoms. The molecule has 1 aliphatic heterocycles. The quantitative estimate of drug-likeness (QED) is 0.467. The standard InChI is InChI=1S/C21H17BrClNO3/c22-12-5-7-18(17(23)9-12)24-10-16-19(26-11-24)8-6-14-13-3-1-2-4-15(13)21(25)27-20(14)16/h5-9H,1-4,10-11H2. The van der Waals surface area contributed by atoms with Gasteiger partial charge in [0, 0.05) is 15.4 Å². The maximum absolute atomic E-state index is 12.6. The summed E-state index contributed by atoms with van der Waals surface area (Å²) in [6, 6.07) is 9.81. The van der Waals surface area contributed by atoms with Crippen LogP contribution in [0.5, 0.6) is 5.75 Å². The maximum Gasteiger partial charge on any atom is 0.339 e. The molecule has 3 aromatic rings. The molecule has 5 rings (SSSR count). The van der Waals surface area contributed by atoms with Crippen molar-refractivity contribution in [3.8, 4) is 5.75 Å². The smallest absolute Gasteiger partial charge is 0.339 e. The third-order valence-electron chi connectivity index (χ3n) is 5.43. The molecule has 0 N–H and O–H groups in total. The van der Waals surface area contributed by atoms with Crippen molar-refractivity contribution in [3.63, 3.8) is 0 Å². The number of aryl methyl sites for hydroxylation is 1. The van der Waals surface area contributed by atoms with Crippen LogP contribution in [0.2, 0.25) is 5.02 Å². The largest absolute Gasteiger partial charge is 0.473 e. The highest BCUT2D eigenvalue weighted by Crippen LogP contribution is 2.38. The Morgan fingerprint density at radius 3 is 2.67 bits per heavy atom. The average molecular weight is 447 g/mol. The van der Waals surface area contributed by atoms with Gasteiger partial charge in [0.1, 0.15) is 11.3 Å². The van der Waals surface area contributed by atoms with Crippen molar-refractivity contribution < 1.29 is 9.15 Å². The van der Waals surface area contributed by atoms with E-state index in [1.807, 2.05) is 30.3 Å². The SMILES string of the molecule is O=c1oc2c3c(ccc2c2c1CCCC2)OCN(c1ccc(Br)cc1Cl)C3. The summed E-state index contributed by atoms with van der Waals surface area (Å²) in [5.74, 6) is 0.769. The lowest BCUT2D eigenvalue weighted by atomic mass is 9.90. The predicted molar refractivity (Wildman–Crippen MR) is 110 cm³/mol. The molecule has 1 aliphatic carbocycles. The molecule has 4 nitrogen and oxygen atoms in total. The van der Waals surface area contributed by atoms with Gasteiger partial charge in [-0.2, -0.15) is 0 Å². The molecule has 6 heteroatoms. The van der Waals surface area contributed by atoms with Crippen molar-refractivity contribution in [2.45, 2.75) is 32.2 Å². The molecule has 0 amide bonds. The third-order valence-corrected chi connectivity index (χ3v) is 6.22. The highest BCUT2D eigenvalue weighted by atomic mass is 79.9. The Labute approximate surface area is 169 Å². The molecule has 0 radical (unpaired) electrons. The summed E-state index contributed by atoms with van der Waals surface area (Å²) < 4.78 is 12.7. The molecule has 138 valence electrons. The Bertz CT molecular complexity index is 1120. The van der Waals surface area contributed by atoms with Crippen molar-refractivity contribution in [1.29, 1.82) is 0 Å². The van der Waals surface area contributed by atoms with Gasteiger partial charge in [0.05, 0.1) is 22.8 Å². The maximum atomic E-state index is 12.6. The van der Waals surface area contributed by atoms with Crippen LogP contribution in [0, 0.1) is 0 Å². The Morgan fingerprint density at radius 2 is 1.85 bits per heavy atom. The second-order valence-electron chi connectivity index (χ2n) is 7.04. The number of nitrogens with zero attached hydrogens (tertiary/aromatic N) is 1. The zero-order chi connectivity index (χ0) is 18.5. The van der Waals surface area contributed by atoms with E-state index in [-0.39, 0.29) is 5.63 Å². The predicted octanol–water partition coefficient (Wildman–Crippen LogP) is 5.44. The van der Waals surface area contributed by atoms with Gasteiger partial charge in [0.2, 0.25) is 0 Å². The lowest BCUT2D eigenvalue weighted by molar-refractivity contribution is 0.289. The number of anilines is 1. The fourth-order valence-corrected chi connectivity index (χ4v) is 4.90. The van der Waals surface area contributed by atoms with E-state index in [0.29, 0.717) is 23.9 Å². The van der Waals surface area contributed by atoms with Crippen molar-refractivity contribution in [1.82, 2.24) is 0 Å². The van der Waals surface area contributed by atoms with Crippen LogP contribution in [0.25, 0.3) is 11.0 Å². The van der Waals surface area contributed by atoms with Gasteiger partial charge in [-0.1, -0.05) is 27.5 Å². The van der Waals surface area contributed by atoms with E-state index in [2.05, 4.69) is 20.8 Å². The summed E-state index contributed by atoms with van der Waals surface area (Å²) in [6.45, 7) is 0.977. The Kier molecular flexibility index (Phi) is 4.17. The van der Waals surface area contributed by atoms with E-state index < -0.39 is 0 Å². The number of fused-ring (bicyclic) bond motifs is 5. The monoisotopic (exact) mass is 445 g/mol. The minimum Gasteiger partial charge on any atom is -0.473 e. The molecular formula is C21H17BrClNO3. The van der Waals surface area contributed by atoms with Crippen LogP contribution in [-0.2, 0) is 19.4 Å². The van der Waals surface area contributed by atoms with Gasteiger partial charge in [0.25, 0.3) is 0 Å². The number of rotatable bonds is 1. The first-order chi connectivity index (χ1) is 13.1. The van der Waals surface area contributed by atoms with Crippen molar-refractivity contribution in [2.75, 3.05) is 11.6 Å². The number of ether oxygens (including phenoxy) is 1. The first-order valence-corrected chi connectivity index (χ1v) is 10.2. The van der Waals surface area contributed by atoms with Crippen molar-refractivity contribution in [3.05, 3.63) is 66.9 Å². The molecule has 2 aliphatic rings. The summed E-state index contributed by atoms with van der Waals surface area (Å²) in [7, 11) is 0. The van der Waals surface area contributed by atoms with E-state index >= 15 is 0 Å². The third kappa shape index (κ3) is 2.84. The summed E-state index contributed by atoms with van der Waals surface area (Å²) in [4.78, 5) is 14.6. The van der Waals surface area contributed by atoms with E-state index in [1.54, 1.807) is 0 Å². The lowest BCUT2D eigenvalue weighted by Crippen LogP contribution is -2.32. The van der Waals surface area contributed by atoms with Gasteiger partial charge in [-0.15, -0.1) is 0 Å². The molecule has 2 heterocycles. The second kappa shape index (κ2) is 6.57. The summed E-state index contributed by atoms with van der Waals surface area (Å²) in [5, 5.41) is 1.69. The van der Waals surface area contributed by atoms with Crippen LogP contribution in [0.15, 0.2) is 44.0 Å². The Morgan fingerprint density at radius 1 is 1.04 bits per heavy atom. The van der Waals surface area contributed by atoms with Gasteiger partial charge in [-0.3, -0.25) is 0 Å². The minimum absolute atomic E-state index is 0.204. The van der Waals surface area contributed by atoms with E-state index in [4.69, 9.17) is 20.8 Å². The van der Waals surface area contributed by atoms with Crippen LogP contribution in [0.1, 0.15) is 29.5 Å². The molecule has 2 aromatic carbocycles. The van der Waals surface area contributed by atoms with Gasteiger partial charge in [-0.05, 0) is 61.6 Å². The van der Waals surface area contributed by atoms with E-state index in [9.17, 15) is 4.79 Å². The summed E-state index contributed by atoms with van der Waals surface area (Å²) in [6.07, 6.45) is 3.90. The molecule has 0 bridgehead atoms. The Hall–Kier alpha value is -1.98. The zero-order valence-corrected chi connectivity index (χ0v) is 16.9. The highest BCUT2D eigenvalue weighted by Gasteiger charge is 2.26. The van der Waals surface area contributed by atoms with Crippen LogP contribution in [-0.4, -0.2) is 6.73 Å². The number of halogens is 2. The highest BCUT2D eigenvalue weighted by molar-refractivity contribution is 9.10. The molecule has 1 aromatic heterocycles. The van der Waals surface area contributed by atoms with Crippen molar-refractivity contribution in [2.24, 2.45) is 0 Å². The molecule has 0 saturated heterocycles. The van der Waals surface area contributed by atoms with E-state index in [0.717, 1.165) is 63.7 Å². The van der Waals surface area contributed by atoms with Gasteiger partial charge < -0.3 is 14.1 Å². The first-order valence-electron chi connectivity index (χ1n) is 9.05. The van der Waals surface area contributed by atoms with Crippen LogP contribution < -0.4 is 15.3 Å². The zero-order valence-electron chi connectivity index (χ0n) is 14.6. The summed E-state index contributed by atoms with van der Waals surface area (Å²) >= 11 is 9.87. The Balaban J connectivity index is 1.65. The summed E-state index contributed by atoms with van der Waals surface area (Å²) in [5.41, 5.74) is 4.24. The van der Waals surface area contributed by atoms with Crippen LogP contribution in [0.3, 0.4) is 0 Å². The second-order valence-corrected chi connectivity index (χ2v) is 8.36. The molecule has 0 unspecified atom stereocenters. The minimum atomic E-state index is -0.204. The number of hydrogen-bond donors (Lipinski definition) is 0. The van der Waals surface area contributed by atoms with Gasteiger partial charge in [0.15, 0.2) is 6.73 Å². The molecule has 0 saturated carbocycles. The normalized spacial score (nSPS) is 16.0. The van der Waals surface area contributed by atoms with Crippen LogP contribution in [0.4, 0.5) is 5.69 Å². The van der Waals surface area contributed by atoms with E-state index in [1.165, 1.54) is 0 Å². The van der Waals surface area contributed by atoms with Crippen molar-refractivity contribution >= 4 is 44.2 Å². The molecule has 0 atom stereocenters. The topological polar surface area (TPSA) is 42.7 Å². The van der Waals surface area contributed by atoms with Crippen LogP contribution >= 0.6 is 27.5 Å². The molecule has 0 spiro atoms. The van der Waals surface area contributed by atoms with Gasteiger partial charge >= 0.3 is 5.63 Å². The fourth-order valence-electron chi connectivity index (χ4n) is 4.11. The first kappa shape index (κ1) is 17.1. The average Bonchev–Trinajstić information content (AvgIpc) is 2.68. The molecule has 0 fully saturated rings.